The Kier molecular flexibility index (Phi) is 4.55. The van der Waals surface area contributed by atoms with Gasteiger partial charge >= 0.3 is 0 Å². The zero-order chi connectivity index (χ0) is 15.5. The van der Waals surface area contributed by atoms with Crippen LogP contribution in [0.5, 0.6) is 0 Å². The molecule has 0 radical (unpaired) electrons. The number of pyridine rings is 1. The molecule has 3 rings (SSSR count). The Labute approximate surface area is 131 Å². The summed E-state index contributed by atoms with van der Waals surface area (Å²) in [4.78, 5) is 11.8. The minimum Gasteiger partial charge on any atom is -0.383 e. The van der Waals surface area contributed by atoms with E-state index in [4.69, 9.17) is 9.72 Å². The first-order chi connectivity index (χ1) is 10.7. The Morgan fingerprint density at radius 3 is 2.95 bits per heavy atom. The average molecular weight is 300 g/mol. The van der Waals surface area contributed by atoms with Gasteiger partial charge in [0.15, 0.2) is 0 Å². The van der Waals surface area contributed by atoms with Crippen LogP contribution < -0.4 is 0 Å². The van der Waals surface area contributed by atoms with Crippen molar-refractivity contribution in [2.24, 2.45) is 7.05 Å². The number of hydrogen-bond donors (Lipinski definition) is 0. The summed E-state index contributed by atoms with van der Waals surface area (Å²) in [5.74, 6) is 1.00. The summed E-state index contributed by atoms with van der Waals surface area (Å²) in [5, 5.41) is 0. The summed E-state index contributed by atoms with van der Waals surface area (Å²) in [6.45, 7) is 4.89. The number of aryl methyl sites for hydroxylation is 1. The topological polar surface area (TPSA) is 43.2 Å². The molecule has 118 valence electrons. The number of rotatable bonds is 5. The van der Waals surface area contributed by atoms with Crippen molar-refractivity contribution in [2.75, 3.05) is 26.8 Å². The van der Waals surface area contributed by atoms with E-state index >= 15 is 0 Å². The number of nitrogens with zero attached hydrogens (tertiary/aromatic N) is 4. The number of ether oxygens (including phenoxy) is 1. The molecule has 0 aliphatic carbocycles. The monoisotopic (exact) mass is 300 g/mol. The molecule has 1 fully saturated rings. The van der Waals surface area contributed by atoms with Gasteiger partial charge in [-0.3, -0.25) is 4.90 Å². The molecule has 0 saturated carbocycles. The first-order valence-corrected chi connectivity index (χ1v) is 7.89. The van der Waals surface area contributed by atoms with Crippen molar-refractivity contribution in [3.05, 3.63) is 35.9 Å². The van der Waals surface area contributed by atoms with Gasteiger partial charge < -0.3 is 9.30 Å². The van der Waals surface area contributed by atoms with Gasteiger partial charge in [0.05, 0.1) is 35.9 Å². The van der Waals surface area contributed by atoms with Gasteiger partial charge in [0.2, 0.25) is 0 Å². The highest BCUT2D eigenvalue weighted by molar-refractivity contribution is 5.54. The summed E-state index contributed by atoms with van der Waals surface area (Å²) < 4.78 is 7.31. The van der Waals surface area contributed by atoms with Crippen molar-refractivity contribution in [3.63, 3.8) is 0 Å². The molecular formula is C17H24N4O. The van der Waals surface area contributed by atoms with Gasteiger partial charge in [0.25, 0.3) is 0 Å². The third-order valence-corrected chi connectivity index (χ3v) is 4.54. The van der Waals surface area contributed by atoms with Crippen LogP contribution in [0.4, 0.5) is 0 Å². The molecule has 5 heteroatoms. The van der Waals surface area contributed by atoms with Crippen LogP contribution in [0.15, 0.2) is 24.4 Å². The van der Waals surface area contributed by atoms with E-state index in [1.54, 1.807) is 7.11 Å². The van der Waals surface area contributed by atoms with Crippen LogP contribution in [0.3, 0.4) is 0 Å². The molecule has 0 spiro atoms. The summed E-state index contributed by atoms with van der Waals surface area (Å²) in [6.07, 6.45) is 4.30. The lowest BCUT2D eigenvalue weighted by Crippen LogP contribution is -2.27. The fraction of sp³-hybridized carbons (Fsp3) is 0.529. The molecule has 0 unspecified atom stereocenters. The molecule has 3 heterocycles. The maximum absolute atomic E-state index is 5.23. The van der Waals surface area contributed by atoms with Crippen LogP contribution in [0.25, 0.3) is 11.4 Å². The van der Waals surface area contributed by atoms with Gasteiger partial charge in [-0.15, -0.1) is 0 Å². The quantitative estimate of drug-likeness (QED) is 0.851. The van der Waals surface area contributed by atoms with Gasteiger partial charge in [-0.2, -0.15) is 0 Å². The highest BCUT2D eigenvalue weighted by Crippen LogP contribution is 2.31. The van der Waals surface area contributed by atoms with Crippen LogP contribution in [0.2, 0.25) is 0 Å². The number of likely N-dealkylation sites (tertiary alicyclic amines) is 1. The second-order valence-electron chi connectivity index (χ2n) is 5.88. The van der Waals surface area contributed by atoms with Gasteiger partial charge in [-0.05, 0) is 38.4 Å². The molecule has 1 aliphatic rings. The van der Waals surface area contributed by atoms with E-state index < -0.39 is 0 Å². The number of aromatic nitrogens is 3. The first-order valence-electron chi connectivity index (χ1n) is 7.89. The molecule has 22 heavy (non-hydrogen) atoms. The van der Waals surface area contributed by atoms with Gasteiger partial charge in [0, 0.05) is 20.7 Å². The molecule has 2 aromatic heterocycles. The van der Waals surface area contributed by atoms with Gasteiger partial charge in [0.1, 0.15) is 5.82 Å². The third kappa shape index (κ3) is 2.91. The van der Waals surface area contributed by atoms with E-state index in [2.05, 4.69) is 32.7 Å². The van der Waals surface area contributed by atoms with Crippen molar-refractivity contribution in [1.29, 1.82) is 0 Å². The smallest absolute Gasteiger partial charge is 0.105 e. The Hall–Kier alpha value is -1.72. The van der Waals surface area contributed by atoms with Crippen molar-refractivity contribution < 1.29 is 4.74 Å². The lowest BCUT2D eigenvalue weighted by atomic mass is 10.1. The molecule has 5 nitrogen and oxygen atoms in total. The lowest BCUT2D eigenvalue weighted by Gasteiger charge is -2.24. The average Bonchev–Trinajstić information content (AvgIpc) is 3.13. The molecule has 0 aromatic carbocycles. The Morgan fingerprint density at radius 1 is 1.36 bits per heavy atom. The highest BCUT2D eigenvalue weighted by Gasteiger charge is 2.26. The molecule has 0 N–H and O–H groups in total. The van der Waals surface area contributed by atoms with E-state index in [1.165, 1.54) is 12.8 Å². The van der Waals surface area contributed by atoms with Crippen LogP contribution >= 0.6 is 0 Å². The lowest BCUT2D eigenvalue weighted by molar-refractivity contribution is 0.140. The fourth-order valence-corrected chi connectivity index (χ4v) is 3.16. The van der Waals surface area contributed by atoms with E-state index in [-0.39, 0.29) is 0 Å². The first kappa shape index (κ1) is 15.2. The Morgan fingerprint density at radius 2 is 2.23 bits per heavy atom. The Balaban J connectivity index is 1.86. The van der Waals surface area contributed by atoms with E-state index in [0.29, 0.717) is 6.04 Å². The van der Waals surface area contributed by atoms with Crippen molar-refractivity contribution >= 4 is 0 Å². The summed E-state index contributed by atoms with van der Waals surface area (Å²) >= 11 is 0. The molecule has 0 amide bonds. The van der Waals surface area contributed by atoms with E-state index in [0.717, 1.165) is 42.6 Å². The Bertz CT molecular complexity index is 637. The second-order valence-corrected chi connectivity index (χ2v) is 5.88. The van der Waals surface area contributed by atoms with Crippen molar-refractivity contribution in [3.8, 4) is 11.4 Å². The zero-order valence-corrected chi connectivity index (χ0v) is 13.6. The maximum atomic E-state index is 5.23. The standard InChI is InChI=1S/C17H24N4O/c1-13-18-12-17(20(13)2)15-7-4-6-14(19-15)16-8-5-9-21(16)10-11-22-3/h4,6-7,12,16H,5,8-11H2,1-3H3/t16-/m1/s1. The number of methoxy groups -OCH3 is 1. The van der Waals surface area contributed by atoms with Crippen LogP contribution in [-0.4, -0.2) is 46.2 Å². The molecule has 1 atom stereocenters. The van der Waals surface area contributed by atoms with Crippen LogP contribution in [0, 0.1) is 6.92 Å². The zero-order valence-electron chi connectivity index (χ0n) is 13.6. The minimum atomic E-state index is 0.407. The predicted molar refractivity (Wildman–Crippen MR) is 86.6 cm³/mol. The summed E-state index contributed by atoms with van der Waals surface area (Å²) in [6, 6.07) is 6.72. The van der Waals surface area contributed by atoms with Crippen molar-refractivity contribution in [1.82, 2.24) is 19.4 Å². The van der Waals surface area contributed by atoms with Crippen LogP contribution in [0.1, 0.15) is 30.4 Å². The number of hydrogen-bond acceptors (Lipinski definition) is 4. The summed E-state index contributed by atoms with van der Waals surface area (Å²) in [5.41, 5.74) is 3.23. The van der Waals surface area contributed by atoms with Crippen molar-refractivity contribution in [2.45, 2.75) is 25.8 Å². The predicted octanol–water partition coefficient (Wildman–Crippen LogP) is 2.57. The van der Waals surface area contributed by atoms with E-state index in [9.17, 15) is 0 Å². The molecule has 0 bridgehead atoms. The second kappa shape index (κ2) is 6.58. The molecule has 2 aromatic rings. The minimum absolute atomic E-state index is 0.407. The van der Waals surface area contributed by atoms with Crippen LogP contribution in [-0.2, 0) is 11.8 Å². The molecular weight excluding hydrogens is 276 g/mol. The fourth-order valence-electron chi connectivity index (χ4n) is 3.16. The van der Waals surface area contributed by atoms with E-state index in [1.807, 2.05) is 20.2 Å². The molecule has 1 saturated heterocycles. The molecule has 1 aliphatic heterocycles. The summed E-state index contributed by atoms with van der Waals surface area (Å²) in [7, 11) is 3.79. The third-order valence-electron chi connectivity index (χ3n) is 4.54. The van der Waals surface area contributed by atoms with Gasteiger partial charge in [-0.1, -0.05) is 6.07 Å². The normalized spacial score (nSPS) is 19.0. The largest absolute Gasteiger partial charge is 0.383 e. The SMILES string of the molecule is COCCN1CCC[C@@H]1c1cccc(-c2cnc(C)n2C)n1. The maximum Gasteiger partial charge on any atom is 0.105 e. The van der Waals surface area contributed by atoms with Gasteiger partial charge in [-0.25, -0.2) is 9.97 Å². The number of imidazole rings is 1. The highest BCUT2D eigenvalue weighted by atomic mass is 16.5.